The van der Waals surface area contributed by atoms with Gasteiger partial charge in [0, 0.05) is 6.07 Å². The number of nitrogens with one attached hydrogen (secondary N) is 1. The number of furan rings is 1. The number of amides is 1. The number of ether oxygens (including phenoxy) is 2. The number of pyridine rings is 1. The highest BCUT2D eigenvalue weighted by molar-refractivity contribution is 8.00. The Morgan fingerprint density at radius 3 is 2.58 bits per heavy atom. The van der Waals surface area contributed by atoms with E-state index in [1.807, 2.05) is 13.0 Å². The highest BCUT2D eigenvalue weighted by Crippen LogP contribution is 2.38. The van der Waals surface area contributed by atoms with Crippen LogP contribution in [0.5, 0.6) is 11.5 Å². The van der Waals surface area contributed by atoms with Crippen LogP contribution in [0.3, 0.4) is 0 Å². The third kappa shape index (κ3) is 4.86. The summed E-state index contributed by atoms with van der Waals surface area (Å²) in [7, 11) is 3.03. The molecule has 3 N–H and O–H groups in total. The Bertz CT molecular complexity index is 1250. The molecule has 2 aromatic heterocycles. The van der Waals surface area contributed by atoms with Gasteiger partial charge in [0.1, 0.15) is 45.8 Å². The summed E-state index contributed by atoms with van der Waals surface area (Å²) in [5, 5.41) is 21.9. The fourth-order valence-corrected chi connectivity index (χ4v) is 4.14. The van der Waals surface area contributed by atoms with Crippen LogP contribution >= 0.6 is 11.8 Å². The number of hydrogen-bond acceptors (Lipinski definition) is 9. The molecule has 0 spiro atoms. The second-order valence-corrected chi connectivity index (χ2v) is 7.89. The zero-order chi connectivity index (χ0) is 24.0. The normalized spacial score (nSPS) is 11.2. The Labute approximate surface area is 195 Å². The minimum Gasteiger partial charge on any atom is -0.497 e. The molecule has 1 amide bonds. The van der Waals surface area contributed by atoms with Crippen LogP contribution < -0.4 is 20.5 Å². The monoisotopic (exact) mass is 463 g/mol. The highest BCUT2D eigenvalue weighted by atomic mass is 32.2. The van der Waals surface area contributed by atoms with E-state index in [2.05, 4.69) is 16.4 Å². The fraction of sp³-hybridized carbons (Fsp3) is 0.217. The number of carbonyl (C=O) groups is 1. The lowest BCUT2D eigenvalue weighted by molar-refractivity contribution is -0.115. The number of nitrogens with two attached hydrogens (primary N) is 1. The van der Waals surface area contributed by atoms with E-state index in [0.29, 0.717) is 29.4 Å². The fourth-order valence-electron chi connectivity index (χ4n) is 3.12. The maximum Gasteiger partial charge on any atom is 0.238 e. The zero-order valence-electron chi connectivity index (χ0n) is 18.2. The maximum atomic E-state index is 13.1. The van der Waals surface area contributed by atoms with Crippen LogP contribution in [0.4, 0.5) is 11.5 Å². The van der Waals surface area contributed by atoms with Crippen molar-refractivity contribution in [3.8, 4) is 35.0 Å². The molecule has 1 unspecified atom stereocenters. The van der Waals surface area contributed by atoms with E-state index in [9.17, 15) is 15.3 Å². The predicted molar refractivity (Wildman–Crippen MR) is 124 cm³/mol. The molecule has 0 aliphatic heterocycles. The van der Waals surface area contributed by atoms with Crippen molar-refractivity contribution in [1.29, 1.82) is 10.5 Å². The van der Waals surface area contributed by atoms with E-state index in [-0.39, 0.29) is 33.4 Å². The lowest BCUT2D eigenvalue weighted by atomic mass is 10.0. The van der Waals surface area contributed by atoms with Gasteiger partial charge in [-0.05, 0) is 30.7 Å². The SMILES string of the molecule is CCC(Sc1nc(N)c(C#N)c(-c2ccco2)c1C#N)C(=O)Nc1ccc(OC)cc1OC. The quantitative estimate of drug-likeness (QED) is 0.469. The Morgan fingerprint density at radius 2 is 2.00 bits per heavy atom. The molecule has 0 fully saturated rings. The van der Waals surface area contributed by atoms with Crippen molar-refractivity contribution in [1.82, 2.24) is 4.98 Å². The molecule has 0 aliphatic rings. The van der Waals surface area contributed by atoms with E-state index in [0.717, 1.165) is 11.8 Å². The van der Waals surface area contributed by atoms with Crippen LogP contribution in [0.25, 0.3) is 11.3 Å². The number of nitrogens with zero attached hydrogens (tertiary/aromatic N) is 3. The first-order valence-corrected chi connectivity index (χ1v) is 10.7. The number of nitrogen functional groups attached to an aromatic ring is 1. The standard InChI is InChI=1S/C23H21N5O4S/c1-4-19(22(29)27-16-8-7-13(30-2)10-18(16)31-3)33-23-15(12-25)20(17-6-5-9-32-17)14(11-24)21(26)28-23/h5-10,19H,4H2,1-3H3,(H2,26,28)(H,27,29). The van der Waals surface area contributed by atoms with Gasteiger partial charge in [-0.2, -0.15) is 10.5 Å². The summed E-state index contributed by atoms with van der Waals surface area (Å²) < 4.78 is 15.9. The van der Waals surface area contributed by atoms with Crippen molar-refractivity contribution in [2.24, 2.45) is 0 Å². The highest BCUT2D eigenvalue weighted by Gasteiger charge is 2.27. The minimum atomic E-state index is -0.604. The molecule has 0 bridgehead atoms. The van der Waals surface area contributed by atoms with Crippen LogP contribution in [0.15, 0.2) is 46.0 Å². The summed E-state index contributed by atoms with van der Waals surface area (Å²) in [5.74, 6) is 1.00. The molecule has 33 heavy (non-hydrogen) atoms. The molecular formula is C23H21N5O4S. The number of methoxy groups -OCH3 is 2. The molecule has 0 aliphatic carbocycles. The van der Waals surface area contributed by atoms with Gasteiger partial charge >= 0.3 is 0 Å². The average molecular weight is 464 g/mol. The van der Waals surface area contributed by atoms with Gasteiger partial charge in [0.25, 0.3) is 0 Å². The lowest BCUT2D eigenvalue weighted by Gasteiger charge is -2.18. The summed E-state index contributed by atoms with van der Waals surface area (Å²) in [6.45, 7) is 1.84. The van der Waals surface area contributed by atoms with Crippen molar-refractivity contribution < 1.29 is 18.7 Å². The first-order valence-electron chi connectivity index (χ1n) is 9.84. The number of nitriles is 2. The van der Waals surface area contributed by atoms with Gasteiger partial charge in [-0.25, -0.2) is 4.98 Å². The van der Waals surface area contributed by atoms with Crippen LogP contribution in [0.2, 0.25) is 0 Å². The maximum absolute atomic E-state index is 13.1. The predicted octanol–water partition coefficient (Wildman–Crippen LogP) is 4.19. The Morgan fingerprint density at radius 1 is 1.24 bits per heavy atom. The number of rotatable bonds is 8. The second-order valence-electron chi connectivity index (χ2n) is 6.70. The summed E-state index contributed by atoms with van der Waals surface area (Å²) in [6.07, 6.45) is 1.88. The van der Waals surface area contributed by atoms with Crippen molar-refractivity contribution >= 4 is 29.2 Å². The van der Waals surface area contributed by atoms with E-state index < -0.39 is 5.25 Å². The van der Waals surface area contributed by atoms with Crippen molar-refractivity contribution in [2.75, 3.05) is 25.3 Å². The van der Waals surface area contributed by atoms with Gasteiger partial charge in [0.15, 0.2) is 0 Å². The van der Waals surface area contributed by atoms with Crippen molar-refractivity contribution in [3.63, 3.8) is 0 Å². The van der Waals surface area contributed by atoms with Gasteiger partial charge in [-0.15, -0.1) is 0 Å². The molecule has 0 radical (unpaired) electrons. The first-order chi connectivity index (χ1) is 16.0. The second kappa shape index (κ2) is 10.4. The number of anilines is 2. The Hall–Kier alpha value is -4.15. The van der Waals surface area contributed by atoms with Crippen LogP contribution in [0.1, 0.15) is 24.5 Å². The van der Waals surface area contributed by atoms with Gasteiger partial charge in [-0.1, -0.05) is 18.7 Å². The number of benzene rings is 1. The van der Waals surface area contributed by atoms with Gasteiger partial charge < -0.3 is 24.9 Å². The van der Waals surface area contributed by atoms with Crippen LogP contribution in [-0.4, -0.2) is 30.4 Å². The molecule has 1 aromatic carbocycles. The average Bonchev–Trinajstić information content (AvgIpc) is 3.36. The van der Waals surface area contributed by atoms with Gasteiger partial charge in [0.2, 0.25) is 5.91 Å². The Kier molecular flexibility index (Phi) is 7.44. The molecule has 10 heteroatoms. The molecule has 2 heterocycles. The van der Waals surface area contributed by atoms with Crippen LogP contribution in [-0.2, 0) is 4.79 Å². The summed E-state index contributed by atoms with van der Waals surface area (Å²) in [5.41, 5.74) is 6.92. The van der Waals surface area contributed by atoms with Crippen molar-refractivity contribution in [2.45, 2.75) is 23.6 Å². The van der Waals surface area contributed by atoms with Crippen molar-refractivity contribution in [3.05, 3.63) is 47.7 Å². The number of aromatic nitrogens is 1. The van der Waals surface area contributed by atoms with E-state index >= 15 is 0 Å². The lowest BCUT2D eigenvalue weighted by Crippen LogP contribution is -2.25. The summed E-state index contributed by atoms with van der Waals surface area (Å²) in [4.78, 5) is 17.3. The van der Waals surface area contributed by atoms with Crippen LogP contribution in [0, 0.1) is 22.7 Å². The molecule has 0 saturated carbocycles. The smallest absolute Gasteiger partial charge is 0.238 e. The number of thioether (sulfide) groups is 1. The minimum absolute atomic E-state index is 0.0440. The summed E-state index contributed by atoms with van der Waals surface area (Å²) >= 11 is 1.09. The first kappa shape index (κ1) is 23.5. The van der Waals surface area contributed by atoms with E-state index in [1.54, 1.807) is 30.3 Å². The molecule has 0 saturated heterocycles. The third-order valence-electron chi connectivity index (χ3n) is 4.77. The van der Waals surface area contributed by atoms with E-state index in [4.69, 9.17) is 19.6 Å². The number of carbonyl (C=O) groups excluding carboxylic acids is 1. The molecular weight excluding hydrogens is 442 g/mol. The van der Waals surface area contributed by atoms with Gasteiger partial charge in [-0.3, -0.25) is 4.79 Å². The largest absolute Gasteiger partial charge is 0.497 e. The summed E-state index contributed by atoms with van der Waals surface area (Å²) in [6, 6.07) is 12.4. The molecule has 9 nitrogen and oxygen atoms in total. The number of hydrogen-bond donors (Lipinski definition) is 2. The molecule has 3 rings (SSSR count). The molecule has 168 valence electrons. The Balaban J connectivity index is 1.96. The third-order valence-corrected chi connectivity index (χ3v) is 6.12. The van der Waals surface area contributed by atoms with Gasteiger partial charge in [0.05, 0.1) is 42.5 Å². The molecule has 3 aromatic rings. The van der Waals surface area contributed by atoms with E-state index in [1.165, 1.54) is 20.5 Å². The topological polar surface area (TPSA) is 147 Å². The zero-order valence-corrected chi connectivity index (χ0v) is 19.0. The molecule has 1 atom stereocenters.